The van der Waals surface area contributed by atoms with Crippen molar-refractivity contribution >= 4 is 22.6 Å². The van der Waals surface area contributed by atoms with Gasteiger partial charge in [0.25, 0.3) is 5.91 Å². The van der Waals surface area contributed by atoms with E-state index in [1.807, 2.05) is 71.3 Å². The van der Waals surface area contributed by atoms with E-state index in [1.165, 1.54) is 0 Å². The van der Waals surface area contributed by atoms with Gasteiger partial charge >= 0.3 is 0 Å². The third kappa shape index (κ3) is 3.02. The SMILES string of the molecule is COc1ccc(NC(=O)c2cccc(-n3cnc4ccccc43)c2)cc1. The van der Waals surface area contributed by atoms with E-state index in [0.29, 0.717) is 11.3 Å². The molecule has 26 heavy (non-hydrogen) atoms. The minimum Gasteiger partial charge on any atom is -0.497 e. The van der Waals surface area contributed by atoms with Gasteiger partial charge < -0.3 is 10.1 Å². The number of rotatable bonds is 4. The second kappa shape index (κ2) is 6.72. The van der Waals surface area contributed by atoms with Crippen molar-refractivity contribution in [1.82, 2.24) is 9.55 Å². The maximum atomic E-state index is 12.6. The molecule has 1 amide bonds. The molecule has 0 saturated heterocycles. The van der Waals surface area contributed by atoms with E-state index in [-0.39, 0.29) is 5.91 Å². The summed E-state index contributed by atoms with van der Waals surface area (Å²) < 4.78 is 7.10. The molecule has 0 aliphatic heterocycles. The second-order valence-corrected chi connectivity index (χ2v) is 5.84. The molecule has 3 aromatic carbocycles. The molecular formula is C21H17N3O2. The molecule has 0 fully saturated rings. The Kier molecular flexibility index (Phi) is 4.11. The van der Waals surface area contributed by atoms with Gasteiger partial charge in [-0.2, -0.15) is 0 Å². The molecule has 4 aromatic rings. The number of nitrogens with zero attached hydrogens (tertiary/aromatic N) is 2. The number of nitrogens with one attached hydrogen (secondary N) is 1. The number of amides is 1. The Balaban J connectivity index is 1.61. The van der Waals surface area contributed by atoms with Crippen LogP contribution in [-0.4, -0.2) is 22.6 Å². The van der Waals surface area contributed by atoms with Crippen molar-refractivity contribution in [2.45, 2.75) is 0 Å². The molecular weight excluding hydrogens is 326 g/mol. The van der Waals surface area contributed by atoms with Crippen molar-refractivity contribution < 1.29 is 9.53 Å². The highest BCUT2D eigenvalue weighted by molar-refractivity contribution is 6.04. The summed E-state index contributed by atoms with van der Waals surface area (Å²) >= 11 is 0. The monoisotopic (exact) mass is 343 g/mol. The first-order valence-corrected chi connectivity index (χ1v) is 8.22. The quantitative estimate of drug-likeness (QED) is 0.601. The number of carbonyl (C=O) groups is 1. The summed E-state index contributed by atoms with van der Waals surface area (Å²) in [6, 6.07) is 22.6. The summed E-state index contributed by atoms with van der Waals surface area (Å²) in [7, 11) is 1.61. The Hall–Kier alpha value is -3.60. The number of hydrogen-bond acceptors (Lipinski definition) is 3. The number of para-hydroxylation sites is 2. The van der Waals surface area contributed by atoms with Crippen molar-refractivity contribution in [3.63, 3.8) is 0 Å². The topological polar surface area (TPSA) is 56.1 Å². The van der Waals surface area contributed by atoms with Crippen LogP contribution in [0.25, 0.3) is 16.7 Å². The number of ether oxygens (including phenoxy) is 1. The Morgan fingerprint density at radius 2 is 1.81 bits per heavy atom. The van der Waals surface area contributed by atoms with Gasteiger partial charge in [0.1, 0.15) is 12.1 Å². The lowest BCUT2D eigenvalue weighted by Crippen LogP contribution is -2.12. The number of imidazole rings is 1. The van der Waals surface area contributed by atoms with Crippen LogP contribution in [0.5, 0.6) is 5.75 Å². The van der Waals surface area contributed by atoms with Gasteiger partial charge in [0.2, 0.25) is 0 Å². The molecule has 5 nitrogen and oxygen atoms in total. The lowest BCUT2D eigenvalue weighted by atomic mass is 10.1. The van der Waals surface area contributed by atoms with Gasteiger partial charge in [-0.15, -0.1) is 0 Å². The minimum atomic E-state index is -0.165. The van der Waals surface area contributed by atoms with E-state index in [1.54, 1.807) is 19.5 Å². The van der Waals surface area contributed by atoms with Crippen molar-refractivity contribution in [3.05, 3.63) is 84.7 Å². The van der Waals surface area contributed by atoms with Gasteiger partial charge in [-0.05, 0) is 54.6 Å². The molecule has 4 rings (SSSR count). The van der Waals surface area contributed by atoms with Crippen LogP contribution in [-0.2, 0) is 0 Å². The summed E-state index contributed by atoms with van der Waals surface area (Å²) in [5.41, 5.74) is 4.10. The molecule has 1 heterocycles. The average molecular weight is 343 g/mol. The average Bonchev–Trinajstić information content (AvgIpc) is 3.13. The molecule has 0 unspecified atom stereocenters. The Morgan fingerprint density at radius 3 is 2.62 bits per heavy atom. The van der Waals surface area contributed by atoms with Crippen LogP contribution >= 0.6 is 0 Å². The predicted molar refractivity (Wildman–Crippen MR) is 102 cm³/mol. The highest BCUT2D eigenvalue weighted by Gasteiger charge is 2.09. The molecule has 0 spiro atoms. The lowest BCUT2D eigenvalue weighted by molar-refractivity contribution is 0.102. The van der Waals surface area contributed by atoms with E-state index >= 15 is 0 Å². The molecule has 0 saturated carbocycles. The summed E-state index contributed by atoms with van der Waals surface area (Å²) in [6.07, 6.45) is 1.77. The van der Waals surface area contributed by atoms with Gasteiger partial charge in [0.05, 0.1) is 18.1 Å². The lowest BCUT2D eigenvalue weighted by Gasteiger charge is -2.09. The van der Waals surface area contributed by atoms with Gasteiger partial charge in [-0.3, -0.25) is 9.36 Å². The molecule has 0 atom stereocenters. The normalized spacial score (nSPS) is 10.7. The summed E-state index contributed by atoms with van der Waals surface area (Å²) in [4.78, 5) is 17.0. The van der Waals surface area contributed by atoms with Crippen molar-refractivity contribution in [1.29, 1.82) is 0 Å². The third-order valence-electron chi connectivity index (χ3n) is 4.19. The van der Waals surface area contributed by atoms with Crippen LogP contribution < -0.4 is 10.1 Å². The van der Waals surface area contributed by atoms with Gasteiger partial charge in [-0.1, -0.05) is 18.2 Å². The number of methoxy groups -OCH3 is 1. The van der Waals surface area contributed by atoms with E-state index in [0.717, 1.165) is 22.5 Å². The molecule has 128 valence electrons. The smallest absolute Gasteiger partial charge is 0.255 e. The third-order valence-corrected chi connectivity index (χ3v) is 4.19. The Bertz CT molecular complexity index is 1070. The van der Waals surface area contributed by atoms with Gasteiger partial charge in [0.15, 0.2) is 0 Å². The highest BCUT2D eigenvalue weighted by atomic mass is 16.5. The van der Waals surface area contributed by atoms with Gasteiger partial charge in [0, 0.05) is 16.9 Å². The largest absolute Gasteiger partial charge is 0.497 e. The Morgan fingerprint density at radius 1 is 1.00 bits per heavy atom. The molecule has 1 aromatic heterocycles. The van der Waals surface area contributed by atoms with Crippen LogP contribution in [0.2, 0.25) is 0 Å². The van der Waals surface area contributed by atoms with Crippen molar-refractivity contribution in [2.24, 2.45) is 0 Å². The fraction of sp³-hybridized carbons (Fsp3) is 0.0476. The van der Waals surface area contributed by atoms with Crippen LogP contribution in [0, 0.1) is 0 Å². The van der Waals surface area contributed by atoms with E-state index in [9.17, 15) is 4.79 Å². The maximum absolute atomic E-state index is 12.6. The van der Waals surface area contributed by atoms with E-state index < -0.39 is 0 Å². The molecule has 0 aliphatic rings. The standard InChI is InChI=1S/C21H17N3O2/c1-26-18-11-9-16(10-12-18)23-21(25)15-5-4-6-17(13-15)24-14-22-19-7-2-3-8-20(19)24/h2-14H,1H3,(H,23,25). The molecule has 0 bridgehead atoms. The number of fused-ring (bicyclic) bond motifs is 1. The van der Waals surface area contributed by atoms with Crippen LogP contribution in [0.4, 0.5) is 5.69 Å². The summed E-state index contributed by atoms with van der Waals surface area (Å²) in [6.45, 7) is 0. The number of carbonyl (C=O) groups excluding carboxylic acids is 1. The zero-order valence-corrected chi connectivity index (χ0v) is 14.2. The maximum Gasteiger partial charge on any atom is 0.255 e. The minimum absolute atomic E-state index is 0.165. The first-order valence-electron chi connectivity index (χ1n) is 8.22. The van der Waals surface area contributed by atoms with Crippen molar-refractivity contribution in [2.75, 3.05) is 12.4 Å². The highest BCUT2D eigenvalue weighted by Crippen LogP contribution is 2.20. The number of hydrogen-bond donors (Lipinski definition) is 1. The molecule has 0 aliphatic carbocycles. The fourth-order valence-corrected chi connectivity index (χ4v) is 2.84. The predicted octanol–water partition coefficient (Wildman–Crippen LogP) is 4.29. The van der Waals surface area contributed by atoms with Crippen LogP contribution in [0.3, 0.4) is 0 Å². The van der Waals surface area contributed by atoms with Crippen molar-refractivity contribution in [3.8, 4) is 11.4 Å². The number of benzene rings is 3. The number of anilines is 1. The Labute approximate surface area is 150 Å². The summed E-state index contributed by atoms with van der Waals surface area (Å²) in [5, 5.41) is 2.90. The van der Waals surface area contributed by atoms with Crippen LogP contribution in [0.15, 0.2) is 79.1 Å². The molecule has 0 radical (unpaired) electrons. The fourth-order valence-electron chi connectivity index (χ4n) is 2.84. The van der Waals surface area contributed by atoms with E-state index in [2.05, 4.69) is 10.3 Å². The van der Waals surface area contributed by atoms with Crippen LogP contribution in [0.1, 0.15) is 10.4 Å². The first-order chi connectivity index (χ1) is 12.7. The second-order valence-electron chi connectivity index (χ2n) is 5.84. The summed E-state index contributed by atoms with van der Waals surface area (Å²) in [5.74, 6) is 0.582. The molecule has 5 heteroatoms. The zero-order valence-electron chi connectivity index (χ0n) is 14.2. The van der Waals surface area contributed by atoms with E-state index in [4.69, 9.17) is 4.74 Å². The molecule has 1 N–H and O–H groups in total. The number of aromatic nitrogens is 2. The first kappa shape index (κ1) is 15.9. The van der Waals surface area contributed by atoms with Gasteiger partial charge in [-0.25, -0.2) is 4.98 Å². The zero-order chi connectivity index (χ0) is 17.9.